The zero-order valence-corrected chi connectivity index (χ0v) is 11.6. The number of ether oxygens (including phenoxy) is 1. The number of pyridine rings is 1. The highest BCUT2D eigenvalue weighted by Gasteiger charge is 2.31. The molecule has 7 heteroatoms. The second-order valence-electron chi connectivity index (χ2n) is 4.79. The molecule has 0 spiro atoms. The Kier molecular flexibility index (Phi) is 5.10. The zero-order valence-electron chi connectivity index (χ0n) is 10.8. The smallest absolute Gasteiger partial charge is 0.417 e. The van der Waals surface area contributed by atoms with Crippen molar-refractivity contribution >= 4 is 11.6 Å². The number of hydrogen-bond acceptors (Lipinski definition) is 3. The van der Waals surface area contributed by atoms with E-state index < -0.39 is 11.7 Å². The van der Waals surface area contributed by atoms with Crippen LogP contribution in [0.4, 0.5) is 13.2 Å². The van der Waals surface area contributed by atoms with Crippen molar-refractivity contribution in [3.05, 3.63) is 22.8 Å². The zero-order chi connectivity index (χ0) is 14.6. The molecule has 0 aliphatic carbocycles. The summed E-state index contributed by atoms with van der Waals surface area (Å²) in [5.74, 6) is 0.0514. The number of alkyl halides is 3. The molecule has 1 unspecified atom stereocenters. The summed E-state index contributed by atoms with van der Waals surface area (Å²) in [5.41, 5.74) is -0.871. The number of hydrogen-bond donors (Lipinski definition) is 1. The maximum absolute atomic E-state index is 12.4. The molecule has 0 saturated carbocycles. The summed E-state index contributed by atoms with van der Waals surface area (Å²) in [6.07, 6.45) is 0.554. The van der Waals surface area contributed by atoms with Crippen molar-refractivity contribution in [1.82, 2.24) is 10.3 Å². The van der Waals surface area contributed by atoms with Crippen LogP contribution in [0, 0.1) is 0 Å². The first-order chi connectivity index (χ1) is 9.47. The largest absolute Gasteiger partial charge is 0.477 e. The Hall–Kier alpha value is -1.01. The fourth-order valence-corrected chi connectivity index (χ4v) is 2.38. The highest BCUT2D eigenvalue weighted by molar-refractivity contribution is 6.31. The Labute approximate surface area is 120 Å². The van der Waals surface area contributed by atoms with Gasteiger partial charge in [-0.25, -0.2) is 4.98 Å². The van der Waals surface area contributed by atoms with Crippen LogP contribution < -0.4 is 10.1 Å². The van der Waals surface area contributed by atoms with Crippen LogP contribution in [0.3, 0.4) is 0 Å². The second kappa shape index (κ2) is 6.63. The van der Waals surface area contributed by atoms with E-state index in [9.17, 15) is 13.2 Å². The molecule has 0 radical (unpaired) electrons. The molecule has 1 fully saturated rings. The average molecular weight is 309 g/mol. The molecule has 2 heterocycles. The molecule has 0 amide bonds. The van der Waals surface area contributed by atoms with Crippen LogP contribution in [0.2, 0.25) is 5.02 Å². The van der Waals surface area contributed by atoms with Crippen LogP contribution in [0.25, 0.3) is 0 Å². The van der Waals surface area contributed by atoms with Crippen molar-refractivity contribution in [2.45, 2.75) is 37.9 Å². The van der Waals surface area contributed by atoms with Crippen molar-refractivity contribution in [2.75, 3.05) is 13.2 Å². The van der Waals surface area contributed by atoms with Gasteiger partial charge >= 0.3 is 6.18 Å². The minimum absolute atomic E-state index is 0.0514. The minimum Gasteiger partial charge on any atom is -0.477 e. The average Bonchev–Trinajstić information content (AvgIpc) is 2.40. The molecule has 3 nitrogen and oxygen atoms in total. The fourth-order valence-electron chi connectivity index (χ4n) is 2.15. The lowest BCUT2D eigenvalue weighted by molar-refractivity contribution is -0.137. The summed E-state index contributed by atoms with van der Waals surface area (Å²) in [4.78, 5) is 3.63. The second-order valence-corrected chi connectivity index (χ2v) is 5.20. The third-order valence-electron chi connectivity index (χ3n) is 3.25. The third-order valence-corrected chi connectivity index (χ3v) is 3.52. The maximum Gasteiger partial charge on any atom is 0.417 e. The van der Waals surface area contributed by atoms with E-state index in [0.717, 1.165) is 31.6 Å². The Bertz CT molecular complexity index is 448. The number of halogens is 4. The first-order valence-electron chi connectivity index (χ1n) is 6.56. The van der Waals surface area contributed by atoms with E-state index in [-0.39, 0.29) is 10.9 Å². The molecule has 1 aliphatic heterocycles. The van der Waals surface area contributed by atoms with Crippen LogP contribution in [-0.4, -0.2) is 24.2 Å². The van der Waals surface area contributed by atoms with Gasteiger partial charge in [-0.1, -0.05) is 18.0 Å². The van der Waals surface area contributed by atoms with Gasteiger partial charge in [0.05, 0.1) is 12.2 Å². The normalized spacial score (nSPS) is 19.9. The summed E-state index contributed by atoms with van der Waals surface area (Å²) in [5, 5.41) is 3.25. The predicted octanol–water partition coefficient (Wildman–Crippen LogP) is 3.66. The van der Waals surface area contributed by atoms with Gasteiger partial charge in [-0.15, -0.1) is 0 Å². The van der Waals surface area contributed by atoms with Gasteiger partial charge in [0.25, 0.3) is 0 Å². The first kappa shape index (κ1) is 15.4. The van der Waals surface area contributed by atoms with Crippen LogP contribution in [0.15, 0.2) is 12.3 Å². The molecule has 2 rings (SSSR count). The highest BCUT2D eigenvalue weighted by atomic mass is 35.5. The fraction of sp³-hybridized carbons (Fsp3) is 0.615. The molecule has 112 valence electrons. The third kappa shape index (κ3) is 4.24. The van der Waals surface area contributed by atoms with Gasteiger partial charge in [0.1, 0.15) is 5.02 Å². The molecule has 20 heavy (non-hydrogen) atoms. The van der Waals surface area contributed by atoms with Crippen molar-refractivity contribution < 1.29 is 17.9 Å². The Balaban J connectivity index is 1.86. The van der Waals surface area contributed by atoms with Gasteiger partial charge in [-0.3, -0.25) is 0 Å². The van der Waals surface area contributed by atoms with Gasteiger partial charge < -0.3 is 10.1 Å². The summed E-state index contributed by atoms with van der Waals surface area (Å²) in [6.45, 7) is 1.39. The van der Waals surface area contributed by atoms with E-state index >= 15 is 0 Å². The highest BCUT2D eigenvalue weighted by Crippen LogP contribution is 2.33. The molecule has 1 atom stereocenters. The molecular formula is C13H16ClF3N2O. The van der Waals surface area contributed by atoms with Crippen LogP contribution in [-0.2, 0) is 6.18 Å². The maximum atomic E-state index is 12.4. The number of nitrogens with zero attached hydrogens (tertiary/aromatic N) is 1. The van der Waals surface area contributed by atoms with Gasteiger partial charge in [0.15, 0.2) is 0 Å². The van der Waals surface area contributed by atoms with E-state index in [1.807, 2.05) is 0 Å². The monoisotopic (exact) mass is 308 g/mol. The minimum atomic E-state index is -4.44. The van der Waals surface area contributed by atoms with Gasteiger partial charge in [-0.05, 0) is 31.9 Å². The van der Waals surface area contributed by atoms with Crippen LogP contribution >= 0.6 is 11.6 Å². The molecule has 1 aromatic heterocycles. The lowest BCUT2D eigenvalue weighted by Gasteiger charge is -2.23. The Morgan fingerprint density at radius 2 is 2.20 bits per heavy atom. The summed E-state index contributed by atoms with van der Waals surface area (Å²) < 4.78 is 42.7. The van der Waals surface area contributed by atoms with Crippen molar-refractivity contribution in [1.29, 1.82) is 0 Å². The van der Waals surface area contributed by atoms with E-state index in [0.29, 0.717) is 12.6 Å². The summed E-state index contributed by atoms with van der Waals surface area (Å²) in [7, 11) is 0. The summed E-state index contributed by atoms with van der Waals surface area (Å²) in [6, 6.07) is 1.24. The van der Waals surface area contributed by atoms with Crippen molar-refractivity contribution in [3.63, 3.8) is 0 Å². The van der Waals surface area contributed by atoms with Crippen molar-refractivity contribution in [3.8, 4) is 5.88 Å². The van der Waals surface area contributed by atoms with Crippen molar-refractivity contribution in [2.24, 2.45) is 0 Å². The van der Waals surface area contributed by atoms with E-state index in [2.05, 4.69) is 10.3 Å². The SMILES string of the molecule is FC(F)(F)c1cnc(OCCC2CCCCN2)c(Cl)c1. The molecule has 1 aliphatic rings. The number of piperidine rings is 1. The summed E-state index contributed by atoms with van der Waals surface area (Å²) >= 11 is 5.75. The standard InChI is InChI=1S/C13H16ClF3N2O/c14-11-7-9(13(15,16)17)8-19-12(11)20-6-4-10-3-1-2-5-18-10/h7-8,10,18H,1-6H2. The van der Waals surface area contributed by atoms with Crippen LogP contribution in [0.5, 0.6) is 5.88 Å². The molecule has 1 aromatic rings. The quantitative estimate of drug-likeness (QED) is 0.921. The Morgan fingerprint density at radius 3 is 2.80 bits per heavy atom. The van der Waals surface area contributed by atoms with E-state index in [4.69, 9.17) is 16.3 Å². The van der Waals surface area contributed by atoms with E-state index in [1.54, 1.807) is 0 Å². The molecule has 1 N–H and O–H groups in total. The molecule has 0 bridgehead atoms. The van der Waals surface area contributed by atoms with Gasteiger partial charge in [-0.2, -0.15) is 13.2 Å². The van der Waals surface area contributed by atoms with Crippen LogP contribution in [0.1, 0.15) is 31.2 Å². The number of aromatic nitrogens is 1. The van der Waals surface area contributed by atoms with E-state index in [1.165, 1.54) is 12.8 Å². The predicted molar refractivity (Wildman–Crippen MR) is 70.0 cm³/mol. The first-order valence-corrected chi connectivity index (χ1v) is 6.93. The Morgan fingerprint density at radius 1 is 1.40 bits per heavy atom. The number of rotatable bonds is 4. The van der Waals surface area contributed by atoms with Gasteiger partial charge in [0.2, 0.25) is 5.88 Å². The molecule has 1 saturated heterocycles. The molecule has 0 aromatic carbocycles. The van der Waals surface area contributed by atoms with Gasteiger partial charge in [0, 0.05) is 12.2 Å². The number of nitrogens with one attached hydrogen (secondary N) is 1. The lowest BCUT2D eigenvalue weighted by atomic mass is 10.0. The molecular weight excluding hydrogens is 293 g/mol. The topological polar surface area (TPSA) is 34.1 Å². The lowest BCUT2D eigenvalue weighted by Crippen LogP contribution is -2.35.